The highest BCUT2D eigenvalue weighted by Crippen LogP contribution is 2.41. The summed E-state index contributed by atoms with van der Waals surface area (Å²) >= 11 is 6.41. The summed E-state index contributed by atoms with van der Waals surface area (Å²) in [6.07, 6.45) is 5.78. The van der Waals surface area contributed by atoms with Crippen LogP contribution in [-0.2, 0) is 11.3 Å². The van der Waals surface area contributed by atoms with Gasteiger partial charge < -0.3 is 15.2 Å². The zero-order valence-electron chi connectivity index (χ0n) is 22.6. The van der Waals surface area contributed by atoms with E-state index in [0.717, 1.165) is 16.8 Å². The van der Waals surface area contributed by atoms with Crippen LogP contribution in [0.2, 0.25) is 5.02 Å². The Labute approximate surface area is 244 Å². The number of fused-ring (bicyclic) bond motifs is 1. The second kappa shape index (κ2) is 10.3. The van der Waals surface area contributed by atoms with Crippen LogP contribution >= 0.6 is 11.6 Å². The maximum absolute atomic E-state index is 13.4. The van der Waals surface area contributed by atoms with E-state index in [-0.39, 0.29) is 5.92 Å². The lowest BCUT2D eigenvalue weighted by Gasteiger charge is -2.31. The van der Waals surface area contributed by atoms with Gasteiger partial charge in [-0.05, 0) is 54.5 Å². The number of carbonyl (C=O) groups excluding carboxylic acids is 1. The summed E-state index contributed by atoms with van der Waals surface area (Å²) in [5.74, 6) is -0.367. The van der Waals surface area contributed by atoms with Crippen LogP contribution in [0.3, 0.4) is 0 Å². The van der Waals surface area contributed by atoms with E-state index in [2.05, 4.69) is 30.9 Å². The number of carbonyl (C=O) groups is 1. The number of nitrogens with one attached hydrogen (secondary N) is 1. The van der Waals surface area contributed by atoms with Crippen molar-refractivity contribution in [3.05, 3.63) is 71.0 Å². The molecule has 5 heterocycles. The number of alkyl halides is 1. The minimum Gasteiger partial charge on any atom is -0.388 e. The van der Waals surface area contributed by atoms with E-state index in [1.54, 1.807) is 33.6 Å². The number of hydrogen-bond acceptors (Lipinski definition) is 8. The Hall–Kier alpha value is -4.20. The Morgan fingerprint density at radius 3 is 2.83 bits per heavy atom. The van der Waals surface area contributed by atoms with Crippen LogP contribution in [0.4, 0.5) is 10.1 Å². The van der Waals surface area contributed by atoms with Gasteiger partial charge in [-0.15, -0.1) is 15.0 Å². The standard InChI is InChI=1S/C28H27ClFN9O3/c1-16-21(14-37(34-16)15-28(41)5-8-42-9-6-28)17-4-7-38-25(10-17)20(13-31-38)27(40)32-24-11-18(2-3-22(24)29)39-35-26(33-36-39)19-12-23(19)30/h2-4,7,10-11,13-14,19,23,41H,5-6,8-9,12,15H2,1H3,(H,32,40)/t19-,23-/m1/s1. The minimum atomic E-state index is -0.932. The lowest BCUT2D eigenvalue weighted by atomic mass is 9.94. The maximum atomic E-state index is 13.4. The predicted octanol–water partition coefficient (Wildman–Crippen LogP) is 3.75. The summed E-state index contributed by atoms with van der Waals surface area (Å²) in [5.41, 5.74) is 3.52. The Kier molecular flexibility index (Phi) is 6.52. The van der Waals surface area contributed by atoms with Crippen LogP contribution in [0.25, 0.3) is 22.3 Å². The van der Waals surface area contributed by atoms with Gasteiger partial charge in [-0.25, -0.2) is 8.91 Å². The Morgan fingerprint density at radius 2 is 2.05 bits per heavy atom. The molecule has 0 bridgehead atoms. The van der Waals surface area contributed by atoms with Crippen LogP contribution in [-0.4, -0.2) is 75.6 Å². The number of tetrazole rings is 1. The molecule has 1 aliphatic carbocycles. The molecule has 14 heteroatoms. The number of amides is 1. The van der Waals surface area contributed by atoms with Gasteiger partial charge in [0.2, 0.25) is 0 Å². The smallest absolute Gasteiger partial charge is 0.259 e. The maximum Gasteiger partial charge on any atom is 0.259 e. The van der Waals surface area contributed by atoms with Crippen LogP contribution in [0.5, 0.6) is 0 Å². The molecule has 1 amide bonds. The lowest BCUT2D eigenvalue weighted by Crippen LogP contribution is -2.40. The first-order valence-corrected chi connectivity index (χ1v) is 14.0. The number of nitrogens with zero attached hydrogens (tertiary/aromatic N) is 8. The van der Waals surface area contributed by atoms with Crippen LogP contribution in [0.1, 0.15) is 47.1 Å². The van der Waals surface area contributed by atoms with Crippen molar-refractivity contribution in [3.8, 4) is 16.8 Å². The molecular weight excluding hydrogens is 565 g/mol. The number of hydrogen-bond donors (Lipinski definition) is 2. The quantitative estimate of drug-likeness (QED) is 0.292. The Balaban J connectivity index is 1.13. The summed E-state index contributed by atoms with van der Waals surface area (Å²) in [7, 11) is 0. The molecule has 0 unspecified atom stereocenters. The highest BCUT2D eigenvalue weighted by molar-refractivity contribution is 6.34. The monoisotopic (exact) mass is 591 g/mol. The molecule has 7 rings (SSSR count). The van der Waals surface area contributed by atoms with Crippen molar-refractivity contribution in [3.63, 3.8) is 0 Å². The fraction of sp³-hybridized carbons (Fsp3) is 0.357. The third kappa shape index (κ3) is 5.03. The molecule has 42 heavy (non-hydrogen) atoms. The molecule has 0 spiro atoms. The number of pyridine rings is 1. The largest absolute Gasteiger partial charge is 0.388 e. The van der Waals surface area contributed by atoms with Crippen molar-refractivity contribution in [1.82, 2.24) is 39.6 Å². The van der Waals surface area contributed by atoms with E-state index in [4.69, 9.17) is 16.3 Å². The first-order chi connectivity index (χ1) is 20.3. The normalized spacial score (nSPS) is 19.7. The van der Waals surface area contributed by atoms with Crippen molar-refractivity contribution >= 4 is 28.7 Å². The molecule has 216 valence electrons. The fourth-order valence-corrected chi connectivity index (χ4v) is 5.42. The van der Waals surface area contributed by atoms with Crippen molar-refractivity contribution in [2.75, 3.05) is 18.5 Å². The molecular formula is C28H27ClFN9O3. The Morgan fingerprint density at radius 1 is 1.24 bits per heavy atom. The third-order valence-electron chi connectivity index (χ3n) is 7.81. The van der Waals surface area contributed by atoms with Gasteiger partial charge in [-0.3, -0.25) is 9.48 Å². The topological polar surface area (TPSA) is 137 Å². The summed E-state index contributed by atoms with van der Waals surface area (Å²) in [6, 6.07) is 8.73. The number of anilines is 1. The van der Waals surface area contributed by atoms with Gasteiger partial charge in [0.15, 0.2) is 5.82 Å². The zero-order valence-corrected chi connectivity index (χ0v) is 23.4. The minimum absolute atomic E-state index is 0.317. The van der Waals surface area contributed by atoms with E-state index in [1.165, 1.54) is 11.0 Å². The van der Waals surface area contributed by atoms with E-state index in [1.807, 2.05) is 25.3 Å². The molecule has 4 aromatic heterocycles. The number of aromatic nitrogens is 8. The first-order valence-electron chi connectivity index (χ1n) is 13.6. The number of halogens is 2. The Bertz CT molecular complexity index is 1810. The van der Waals surface area contributed by atoms with Crippen LogP contribution in [0, 0.1) is 6.92 Å². The van der Waals surface area contributed by atoms with Crippen molar-refractivity contribution in [2.24, 2.45) is 0 Å². The third-order valence-corrected chi connectivity index (χ3v) is 8.14. The van der Waals surface area contributed by atoms with E-state index < -0.39 is 17.7 Å². The first kappa shape index (κ1) is 26.7. The van der Waals surface area contributed by atoms with Gasteiger partial charge in [0.25, 0.3) is 5.91 Å². The summed E-state index contributed by atoms with van der Waals surface area (Å²) in [5, 5.41) is 35.3. The molecule has 1 saturated heterocycles. The van der Waals surface area contributed by atoms with Crippen LogP contribution < -0.4 is 5.32 Å². The van der Waals surface area contributed by atoms with E-state index >= 15 is 0 Å². The molecule has 1 aromatic carbocycles. The van der Waals surface area contributed by atoms with Crippen LogP contribution in [0.15, 0.2) is 48.9 Å². The number of rotatable bonds is 7. The molecule has 1 saturated carbocycles. The summed E-state index contributed by atoms with van der Waals surface area (Å²) in [6.45, 7) is 3.35. The van der Waals surface area contributed by atoms with Crippen molar-refractivity contribution in [1.29, 1.82) is 0 Å². The number of ether oxygens (including phenoxy) is 1. The second-order valence-electron chi connectivity index (χ2n) is 10.9. The fourth-order valence-electron chi connectivity index (χ4n) is 5.25. The lowest BCUT2D eigenvalue weighted by molar-refractivity contribution is -0.0745. The average molecular weight is 592 g/mol. The summed E-state index contributed by atoms with van der Waals surface area (Å²) < 4.78 is 22.2. The van der Waals surface area contributed by atoms with Gasteiger partial charge in [-0.2, -0.15) is 10.2 Å². The molecule has 0 radical (unpaired) electrons. The van der Waals surface area contributed by atoms with Gasteiger partial charge in [-0.1, -0.05) is 11.6 Å². The summed E-state index contributed by atoms with van der Waals surface area (Å²) in [4.78, 5) is 14.7. The van der Waals surface area contributed by atoms with Gasteiger partial charge in [0.05, 0.1) is 57.4 Å². The molecule has 2 N–H and O–H groups in total. The number of aliphatic hydroxyl groups is 1. The molecule has 2 aliphatic rings. The van der Waals surface area contributed by atoms with Crippen molar-refractivity contribution in [2.45, 2.75) is 50.4 Å². The number of aryl methyl sites for hydroxylation is 1. The highest BCUT2D eigenvalue weighted by atomic mass is 35.5. The molecule has 2 atom stereocenters. The molecule has 5 aromatic rings. The van der Waals surface area contributed by atoms with Gasteiger partial charge in [0, 0.05) is 44.0 Å². The average Bonchev–Trinajstić information content (AvgIpc) is 3.32. The zero-order chi connectivity index (χ0) is 29.0. The van der Waals surface area contributed by atoms with Gasteiger partial charge in [0.1, 0.15) is 6.17 Å². The second-order valence-corrected chi connectivity index (χ2v) is 11.3. The van der Waals surface area contributed by atoms with E-state index in [9.17, 15) is 14.3 Å². The highest BCUT2D eigenvalue weighted by Gasteiger charge is 2.42. The van der Waals surface area contributed by atoms with Gasteiger partial charge >= 0.3 is 0 Å². The van der Waals surface area contributed by atoms with E-state index in [0.29, 0.717) is 72.3 Å². The van der Waals surface area contributed by atoms with Crippen molar-refractivity contribution < 1.29 is 19.0 Å². The molecule has 2 fully saturated rings. The molecule has 12 nitrogen and oxygen atoms in total. The predicted molar refractivity (Wildman–Crippen MR) is 151 cm³/mol. The number of benzene rings is 1. The SMILES string of the molecule is Cc1nn(CC2(O)CCOCC2)cc1-c1ccn2ncc(C(=O)Nc3cc(-n4nnc([C@@H]5C[C@H]5F)n4)ccc3Cl)c2c1. The molecule has 1 aliphatic heterocycles.